The van der Waals surface area contributed by atoms with Crippen molar-refractivity contribution in [1.82, 2.24) is 19.9 Å². The predicted molar refractivity (Wildman–Crippen MR) is 57.6 cm³/mol. The first-order valence-electron chi connectivity index (χ1n) is 4.73. The van der Waals surface area contributed by atoms with E-state index in [0.29, 0.717) is 12.4 Å². The largest absolute Gasteiger partial charge is 0.477 e. The van der Waals surface area contributed by atoms with Crippen LogP contribution in [0.5, 0.6) is 0 Å². The van der Waals surface area contributed by atoms with Crippen LogP contribution in [-0.4, -0.2) is 36.7 Å². The molecule has 0 radical (unpaired) electrons. The molecular weight excluding hydrogens is 246 g/mol. The molecule has 0 atom stereocenters. The van der Waals surface area contributed by atoms with Crippen molar-refractivity contribution in [2.24, 2.45) is 0 Å². The summed E-state index contributed by atoms with van der Waals surface area (Å²) in [5, 5.41) is 21.3. The molecule has 0 unspecified atom stereocenters. The van der Waals surface area contributed by atoms with Gasteiger partial charge in [0.1, 0.15) is 0 Å². The van der Waals surface area contributed by atoms with Crippen molar-refractivity contribution in [3.8, 4) is 11.5 Å². The number of fused-ring (bicyclic) bond motifs is 1. The van der Waals surface area contributed by atoms with Gasteiger partial charge in [-0.2, -0.15) is 0 Å². The lowest BCUT2D eigenvalue weighted by molar-refractivity contribution is 0.0698. The third kappa shape index (κ3) is 1.39. The molecule has 17 heavy (non-hydrogen) atoms. The monoisotopic (exact) mass is 253 g/mol. The van der Waals surface area contributed by atoms with E-state index in [1.807, 2.05) is 0 Å². The highest BCUT2D eigenvalue weighted by molar-refractivity contribution is 7.99. The van der Waals surface area contributed by atoms with Gasteiger partial charge in [-0.15, -0.1) is 10.2 Å². The van der Waals surface area contributed by atoms with Gasteiger partial charge >= 0.3 is 5.97 Å². The molecule has 88 valence electrons. The SMILES string of the molecule is Nc1onc(-c2nnc3n2CCS3)c1C(=O)O. The zero-order valence-electron chi connectivity index (χ0n) is 8.45. The lowest BCUT2D eigenvalue weighted by Crippen LogP contribution is -2.04. The first-order chi connectivity index (χ1) is 8.18. The topological polar surface area (TPSA) is 120 Å². The van der Waals surface area contributed by atoms with Gasteiger partial charge in [0.15, 0.2) is 22.2 Å². The Morgan fingerprint density at radius 3 is 3.12 bits per heavy atom. The number of anilines is 1. The summed E-state index contributed by atoms with van der Waals surface area (Å²) in [5.41, 5.74) is 5.37. The van der Waals surface area contributed by atoms with E-state index in [2.05, 4.69) is 15.4 Å². The van der Waals surface area contributed by atoms with Gasteiger partial charge in [0.05, 0.1) is 0 Å². The minimum atomic E-state index is -1.19. The van der Waals surface area contributed by atoms with Crippen LogP contribution in [0.25, 0.3) is 11.5 Å². The van der Waals surface area contributed by atoms with Crippen molar-refractivity contribution in [2.75, 3.05) is 11.5 Å². The lowest BCUT2D eigenvalue weighted by atomic mass is 10.2. The first kappa shape index (κ1) is 10.1. The standard InChI is InChI=1S/C8H7N5O3S/c9-5-3(7(14)15)4(12-16-5)6-10-11-8-13(6)1-2-17-8/h1-2,9H2,(H,14,15). The maximum absolute atomic E-state index is 11.1. The number of thioether (sulfide) groups is 1. The second kappa shape index (κ2) is 3.48. The lowest BCUT2D eigenvalue weighted by Gasteiger charge is -1.98. The Morgan fingerprint density at radius 1 is 1.53 bits per heavy atom. The fourth-order valence-electron chi connectivity index (χ4n) is 1.66. The molecule has 0 saturated carbocycles. The van der Waals surface area contributed by atoms with Crippen molar-refractivity contribution in [3.63, 3.8) is 0 Å². The molecule has 0 spiro atoms. The molecule has 0 saturated heterocycles. The van der Waals surface area contributed by atoms with E-state index in [-0.39, 0.29) is 17.1 Å². The number of carboxylic acid groups (broad SMARTS) is 1. The summed E-state index contributed by atoms with van der Waals surface area (Å²) >= 11 is 1.56. The third-order valence-corrected chi connectivity index (χ3v) is 3.35. The Balaban J connectivity index is 2.19. The number of aromatic nitrogens is 4. The van der Waals surface area contributed by atoms with Crippen LogP contribution in [0.3, 0.4) is 0 Å². The molecule has 1 aliphatic heterocycles. The average molecular weight is 253 g/mol. The van der Waals surface area contributed by atoms with Crippen molar-refractivity contribution >= 4 is 23.6 Å². The Morgan fingerprint density at radius 2 is 2.35 bits per heavy atom. The number of aromatic carboxylic acids is 1. The van der Waals surface area contributed by atoms with Gasteiger partial charge in [-0.05, 0) is 0 Å². The normalized spacial score (nSPS) is 13.9. The van der Waals surface area contributed by atoms with Gasteiger partial charge in [0, 0.05) is 12.3 Å². The van der Waals surface area contributed by atoms with Gasteiger partial charge in [0.2, 0.25) is 5.88 Å². The molecule has 9 heteroatoms. The van der Waals surface area contributed by atoms with Crippen LogP contribution in [-0.2, 0) is 6.54 Å². The number of nitrogens with two attached hydrogens (primary N) is 1. The molecule has 2 aromatic heterocycles. The predicted octanol–water partition coefficient (Wildman–Crippen LogP) is 0.319. The summed E-state index contributed by atoms with van der Waals surface area (Å²) < 4.78 is 6.50. The summed E-state index contributed by atoms with van der Waals surface area (Å²) in [6.07, 6.45) is 0. The summed E-state index contributed by atoms with van der Waals surface area (Å²) in [6.45, 7) is 0.716. The molecule has 1 aliphatic rings. The van der Waals surface area contributed by atoms with Crippen molar-refractivity contribution < 1.29 is 14.4 Å². The second-order valence-electron chi connectivity index (χ2n) is 3.38. The number of rotatable bonds is 2. The van der Waals surface area contributed by atoms with Crippen LogP contribution in [0.15, 0.2) is 9.68 Å². The highest BCUT2D eigenvalue weighted by atomic mass is 32.2. The zero-order chi connectivity index (χ0) is 12.0. The van der Waals surface area contributed by atoms with Crippen LogP contribution >= 0.6 is 11.8 Å². The molecule has 0 aromatic carbocycles. The fraction of sp³-hybridized carbons (Fsp3) is 0.250. The molecule has 8 nitrogen and oxygen atoms in total. The Hall–Kier alpha value is -2.03. The number of nitrogens with zero attached hydrogens (tertiary/aromatic N) is 4. The van der Waals surface area contributed by atoms with Gasteiger partial charge in [0.25, 0.3) is 0 Å². The van der Waals surface area contributed by atoms with E-state index in [9.17, 15) is 4.79 Å². The van der Waals surface area contributed by atoms with Crippen LogP contribution in [0, 0.1) is 0 Å². The first-order valence-corrected chi connectivity index (χ1v) is 5.72. The molecule has 0 aliphatic carbocycles. The van der Waals surface area contributed by atoms with Crippen molar-refractivity contribution in [2.45, 2.75) is 11.7 Å². The Labute approximate surface area is 98.8 Å². The second-order valence-corrected chi connectivity index (χ2v) is 4.44. The number of carboxylic acids is 1. The maximum Gasteiger partial charge on any atom is 0.343 e. The van der Waals surface area contributed by atoms with E-state index in [1.54, 1.807) is 16.3 Å². The maximum atomic E-state index is 11.1. The van der Waals surface area contributed by atoms with Crippen LogP contribution in [0.1, 0.15) is 10.4 Å². The Kier molecular flexibility index (Phi) is 2.08. The van der Waals surface area contributed by atoms with E-state index < -0.39 is 5.97 Å². The molecule has 0 bridgehead atoms. The van der Waals surface area contributed by atoms with Gasteiger partial charge < -0.3 is 15.4 Å². The summed E-state index contributed by atoms with van der Waals surface area (Å²) in [6, 6.07) is 0. The molecule has 0 amide bonds. The van der Waals surface area contributed by atoms with Gasteiger partial charge in [-0.3, -0.25) is 4.57 Å². The summed E-state index contributed by atoms with van der Waals surface area (Å²) in [7, 11) is 0. The average Bonchev–Trinajstić information content (AvgIpc) is 2.90. The highest BCUT2D eigenvalue weighted by Crippen LogP contribution is 2.31. The van der Waals surface area contributed by atoms with E-state index in [0.717, 1.165) is 10.9 Å². The highest BCUT2D eigenvalue weighted by Gasteiger charge is 2.28. The molecular formula is C8H7N5O3S. The van der Waals surface area contributed by atoms with Crippen molar-refractivity contribution in [1.29, 1.82) is 0 Å². The number of hydrogen-bond donors (Lipinski definition) is 2. The van der Waals surface area contributed by atoms with Crippen LogP contribution in [0.2, 0.25) is 0 Å². The van der Waals surface area contributed by atoms with Gasteiger partial charge in [-0.1, -0.05) is 16.9 Å². The number of hydrogen-bond acceptors (Lipinski definition) is 7. The number of nitrogen functional groups attached to an aromatic ring is 1. The minimum Gasteiger partial charge on any atom is -0.477 e. The number of carbonyl (C=O) groups is 1. The quantitative estimate of drug-likeness (QED) is 0.784. The molecule has 2 aromatic rings. The molecule has 3 rings (SSSR count). The van der Waals surface area contributed by atoms with E-state index in [4.69, 9.17) is 15.4 Å². The zero-order valence-corrected chi connectivity index (χ0v) is 9.27. The fourth-order valence-corrected chi connectivity index (χ4v) is 2.55. The molecule has 3 heterocycles. The Bertz CT molecular complexity index is 604. The minimum absolute atomic E-state index is 0.122. The smallest absolute Gasteiger partial charge is 0.343 e. The molecule has 3 N–H and O–H groups in total. The van der Waals surface area contributed by atoms with Gasteiger partial charge in [-0.25, -0.2) is 4.79 Å². The summed E-state index contributed by atoms with van der Waals surface area (Å²) in [4.78, 5) is 11.1. The van der Waals surface area contributed by atoms with Crippen molar-refractivity contribution in [3.05, 3.63) is 5.56 Å². The molecule has 0 fully saturated rings. The van der Waals surface area contributed by atoms with E-state index >= 15 is 0 Å². The third-order valence-electron chi connectivity index (χ3n) is 2.41. The van der Waals surface area contributed by atoms with Crippen LogP contribution in [0.4, 0.5) is 5.88 Å². The van der Waals surface area contributed by atoms with Crippen LogP contribution < -0.4 is 5.73 Å². The van der Waals surface area contributed by atoms with E-state index in [1.165, 1.54) is 0 Å². The summed E-state index contributed by atoms with van der Waals surface area (Å²) in [5.74, 6) is -0.159.